The largest absolute Gasteiger partial charge is 0.481 e. The van der Waals surface area contributed by atoms with Crippen LogP contribution in [0.1, 0.15) is 44.1 Å². The Hall–Kier alpha value is -1.84. The molecule has 4 heteroatoms. The lowest BCUT2D eigenvalue weighted by atomic mass is 10.1. The monoisotopic (exact) mass is 277 g/mol. The number of carboxylic acid groups (broad SMARTS) is 1. The van der Waals surface area contributed by atoms with Crippen molar-refractivity contribution in [2.24, 2.45) is 0 Å². The SMILES string of the molecule is O=C(O)CCCCCCCNC(=O)Cc1ccccc1. The maximum Gasteiger partial charge on any atom is 0.303 e. The molecule has 1 amide bonds. The lowest BCUT2D eigenvalue weighted by Gasteiger charge is -2.05. The maximum absolute atomic E-state index is 11.6. The summed E-state index contributed by atoms with van der Waals surface area (Å²) in [5, 5.41) is 11.4. The maximum atomic E-state index is 11.6. The molecular formula is C16H23NO3. The number of unbranched alkanes of at least 4 members (excludes halogenated alkanes) is 4. The first-order valence-corrected chi connectivity index (χ1v) is 7.21. The normalized spacial score (nSPS) is 10.2. The van der Waals surface area contributed by atoms with Gasteiger partial charge in [-0.05, 0) is 18.4 Å². The topological polar surface area (TPSA) is 66.4 Å². The van der Waals surface area contributed by atoms with Gasteiger partial charge in [0.15, 0.2) is 0 Å². The fraction of sp³-hybridized carbons (Fsp3) is 0.500. The van der Waals surface area contributed by atoms with Gasteiger partial charge in [0.1, 0.15) is 0 Å². The van der Waals surface area contributed by atoms with E-state index in [1.54, 1.807) is 0 Å². The minimum Gasteiger partial charge on any atom is -0.481 e. The van der Waals surface area contributed by atoms with E-state index in [0.717, 1.165) is 37.7 Å². The van der Waals surface area contributed by atoms with E-state index < -0.39 is 5.97 Å². The zero-order valence-corrected chi connectivity index (χ0v) is 11.8. The lowest BCUT2D eigenvalue weighted by Crippen LogP contribution is -2.26. The van der Waals surface area contributed by atoms with Crippen molar-refractivity contribution in [2.75, 3.05) is 6.54 Å². The van der Waals surface area contributed by atoms with Crippen molar-refractivity contribution in [3.63, 3.8) is 0 Å². The molecule has 0 atom stereocenters. The van der Waals surface area contributed by atoms with Crippen LogP contribution in [0, 0.1) is 0 Å². The molecule has 0 radical (unpaired) electrons. The van der Waals surface area contributed by atoms with Crippen LogP contribution in [-0.2, 0) is 16.0 Å². The Bertz CT molecular complexity index is 403. The minimum atomic E-state index is -0.724. The molecule has 110 valence electrons. The molecule has 0 saturated carbocycles. The van der Waals surface area contributed by atoms with Crippen molar-refractivity contribution >= 4 is 11.9 Å². The highest BCUT2D eigenvalue weighted by molar-refractivity contribution is 5.78. The predicted octanol–water partition coefficient (Wildman–Crippen LogP) is 2.77. The Labute approximate surface area is 120 Å². The van der Waals surface area contributed by atoms with Gasteiger partial charge in [-0.25, -0.2) is 0 Å². The van der Waals surface area contributed by atoms with Gasteiger partial charge in [-0.3, -0.25) is 9.59 Å². The zero-order chi connectivity index (χ0) is 14.6. The van der Waals surface area contributed by atoms with E-state index in [2.05, 4.69) is 5.32 Å². The Kier molecular flexibility index (Phi) is 8.11. The highest BCUT2D eigenvalue weighted by Gasteiger charge is 2.02. The molecule has 0 unspecified atom stereocenters. The second kappa shape index (κ2) is 10.0. The molecule has 2 N–H and O–H groups in total. The van der Waals surface area contributed by atoms with Gasteiger partial charge in [0.25, 0.3) is 0 Å². The Balaban J connectivity index is 1.96. The van der Waals surface area contributed by atoms with Gasteiger partial charge in [0.2, 0.25) is 5.91 Å². The quantitative estimate of drug-likeness (QED) is 0.646. The number of carbonyl (C=O) groups is 2. The van der Waals surface area contributed by atoms with Crippen molar-refractivity contribution in [3.05, 3.63) is 35.9 Å². The second-order valence-corrected chi connectivity index (χ2v) is 4.92. The molecule has 20 heavy (non-hydrogen) atoms. The summed E-state index contributed by atoms with van der Waals surface area (Å²) in [6.45, 7) is 0.699. The number of carbonyl (C=O) groups excluding carboxylic acids is 1. The summed E-state index contributed by atoms with van der Waals surface area (Å²) >= 11 is 0. The Morgan fingerprint density at radius 1 is 0.950 bits per heavy atom. The van der Waals surface area contributed by atoms with Crippen molar-refractivity contribution in [1.82, 2.24) is 5.32 Å². The molecule has 0 bridgehead atoms. The van der Waals surface area contributed by atoms with Crippen LogP contribution in [0.2, 0.25) is 0 Å². The van der Waals surface area contributed by atoms with Crippen LogP contribution < -0.4 is 5.32 Å². The van der Waals surface area contributed by atoms with Gasteiger partial charge in [-0.2, -0.15) is 0 Å². The van der Waals surface area contributed by atoms with E-state index in [1.165, 1.54) is 0 Å². The average Bonchev–Trinajstić information content (AvgIpc) is 2.42. The molecule has 0 saturated heterocycles. The smallest absolute Gasteiger partial charge is 0.303 e. The van der Waals surface area contributed by atoms with Crippen LogP contribution in [0.25, 0.3) is 0 Å². The zero-order valence-electron chi connectivity index (χ0n) is 11.8. The van der Waals surface area contributed by atoms with Crippen LogP contribution >= 0.6 is 0 Å². The molecule has 0 aromatic heterocycles. The van der Waals surface area contributed by atoms with Crippen LogP contribution in [-0.4, -0.2) is 23.5 Å². The van der Waals surface area contributed by atoms with Crippen LogP contribution in [0.3, 0.4) is 0 Å². The summed E-state index contributed by atoms with van der Waals surface area (Å²) in [5.74, 6) is -0.666. The first-order valence-electron chi connectivity index (χ1n) is 7.21. The third kappa shape index (κ3) is 8.29. The van der Waals surface area contributed by atoms with Gasteiger partial charge in [-0.1, -0.05) is 49.6 Å². The Morgan fingerprint density at radius 2 is 1.60 bits per heavy atom. The number of benzene rings is 1. The lowest BCUT2D eigenvalue weighted by molar-refractivity contribution is -0.137. The predicted molar refractivity (Wildman–Crippen MR) is 78.5 cm³/mol. The molecule has 1 rings (SSSR count). The number of rotatable bonds is 10. The molecule has 0 fully saturated rings. The van der Waals surface area contributed by atoms with Crippen LogP contribution in [0.4, 0.5) is 0 Å². The van der Waals surface area contributed by atoms with E-state index in [1.807, 2.05) is 30.3 Å². The highest BCUT2D eigenvalue weighted by Crippen LogP contribution is 2.05. The number of nitrogens with one attached hydrogen (secondary N) is 1. The summed E-state index contributed by atoms with van der Waals surface area (Å²) in [4.78, 5) is 22.0. The van der Waals surface area contributed by atoms with Crippen LogP contribution in [0.15, 0.2) is 30.3 Å². The number of carboxylic acids is 1. The van der Waals surface area contributed by atoms with Crippen molar-refractivity contribution in [1.29, 1.82) is 0 Å². The molecular weight excluding hydrogens is 254 g/mol. The highest BCUT2D eigenvalue weighted by atomic mass is 16.4. The molecule has 1 aromatic rings. The second-order valence-electron chi connectivity index (χ2n) is 4.92. The Morgan fingerprint density at radius 3 is 2.30 bits per heavy atom. The fourth-order valence-electron chi connectivity index (χ4n) is 2.00. The fourth-order valence-corrected chi connectivity index (χ4v) is 2.00. The summed E-state index contributed by atoms with van der Waals surface area (Å²) < 4.78 is 0. The van der Waals surface area contributed by atoms with E-state index in [9.17, 15) is 9.59 Å². The third-order valence-corrected chi connectivity index (χ3v) is 3.10. The number of hydrogen-bond acceptors (Lipinski definition) is 2. The summed E-state index contributed by atoms with van der Waals surface area (Å²) in [6.07, 6.45) is 5.40. The average molecular weight is 277 g/mol. The summed E-state index contributed by atoms with van der Waals surface area (Å²) in [7, 11) is 0. The van der Waals surface area contributed by atoms with Gasteiger partial charge in [0.05, 0.1) is 6.42 Å². The number of amides is 1. The molecule has 0 aliphatic rings. The van der Waals surface area contributed by atoms with E-state index in [-0.39, 0.29) is 12.3 Å². The molecule has 4 nitrogen and oxygen atoms in total. The van der Waals surface area contributed by atoms with Crippen molar-refractivity contribution in [3.8, 4) is 0 Å². The van der Waals surface area contributed by atoms with Gasteiger partial charge in [0, 0.05) is 13.0 Å². The third-order valence-electron chi connectivity index (χ3n) is 3.10. The molecule has 0 aliphatic carbocycles. The first-order chi connectivity index (χ1) is 9.68. The standard InChI is InChI=1S/C16H23NO3/c18-15(13-14-9-5-4-6-10-14)17-12-8-3-1-2-7-11-16(19)20/h4-6,9-10H,1-3,7-8,11-13H2,(H,17,18)(H,19,20). The van der Waals surface area contributed by atoms with Gasteiger partial charge in [-0.15, -0.1) is 0 Å². The summed E-state index contributed by atoms with van der Waals surface area (Å²) in [5.41, 5.74) is 1.03. The van der Waals surface area contributed by atoms with Gasteiger partial charge >= 0.3 is 5.97 Å². The molecule has 0 aliphatic heterocycles. The number of aliphatic carboxylic acids is 1. The van der Waals surface area contributed by atoms with E-state index >= 15 is 0 Å². The molecule has 0 spiro atoms. The van der Waals surface area contributed by atoms with Gasteiger partial charge < -0.3 is 10.4 Å². The van der Waals surface area contributed by atoms with E-state index in [4.69, 9.17) is 5.11 Å². The first kappa shape index (κ1) is 16.2. The number of hydrogen-bond donors (Lipinski definition) is 2. The van der Waals surface area contributed by atoms with Crippen molar-refractivity contribution < 1.29 is 14.7 Å². The molecule has 0 heterocycles. The van der Waals surface area contributed by atoms with Crippen LogP contribution in [0.5, 0.6) is 0 Å². The minimum absolute atomic E-state index is 0.0575. The summed E-state index contributed by atoms with van der Waals surface area (Å²) in [6, 6.07) is 9.69. The van der Waals surface area contributed by atoms with E-state index in [0.29, 0.717) is 13.0 Å². The molecule has 1 aromatic carbocycles. The van der Waals surface area contributed by atoms with Crippen molar-refractivity contribution in [2.45, 2.75) is 44.9 Å².